The van der Waals surface area contributed by atoms with E-state index in [1.165, 1.54) is 6.21 Å². The van der Waals surface area contributed by atoms with Crippen molar-refractivity contribution >= 4 is 6.21 Å². The molecule has 1 aromatic carbocycles. The lowest BCUT2D eigenvalue weighted by molar-refractivity contribution is 0.373. The van der Waals surface area contributed by atoms with Gasteiger partial charge in [0.2, 0.25) is 0 Å². The van der Waals surface area contributed by atoms with Gasteiger partial charge in [0.15, 0.2) is 11.5 Å². The zero-order chi connectivity index (χ0) is 11.1. The maximum atomic E-state index is 9.53. The molecule has 0 aromatic heterocycles. The number of nitrogens with one attached hydrogen (secondary N) is 1. The molecule has 15 heavy (non-hydrogen) atoms. The minimum absolute atomic E-state index is 0.196. The van der Waals surface area contributed by atoms with Crippen molar-refractivity contribution in [2.75, 3.05) is 7.11 Å². The number of aryl methyl sites for hydroxylation is 1. The lowest BCUT2D eigenvalue weighted by atomic mass is 10.1. The summed E-state index contributed by atoms with van der Waals surface area (Å²) in [5, 5.41) is 16.4. The van der Waals surface area contributed by atoms with Crippen molar-refractivity contribution in [2.24, 2.45) is 0 Å². The molecule has 0 saturated carbocycles. The summed E-state index contributed by atoms with van der Waals surface area (Å²) in [7, 11) is 1.54. The van der Waals surface area contributed by atoms with Crippen LogP contribution in [0.4, 0.5) is 0 Å². The van der Waals surface area contributed by atoms with Gasteiger partial charge in [0.1, 0.15) is 0 Å². The number of phenolic OH excluding ortho intramolecular Hbond substituents is 1. The second-order valence-corrected chi connectivity index (χ2v) is 3.46. The number of rotatable bonds is 6. The van der Waals surface area contributed by atoms with E-state index in [1.807, 2.05) is 6.07 Å². The molecule has 1 aromatic rings. The molecule has 0 amide bonds. The molecule has 0 bridgehead atoms. The number of hydrogen-bond donors (Lipinski definition) is 2. The van der Waals surface area contributed by atoms with Crippen LogP contribution < -0.4 is 4.74 Å². The first-order chi connectivity index (χ1) is 7.27. The topological polar surface area (TPSA) is 53.3 Å². The molecule has 0 aliphatic rings. The van der Waals surface area contributed by atoms with Gasteiger partial charge >= 0.3 is 0 Å². The molecule has 0 saturated heterocycles. The van der Waals surface area contributed by atoms with Crippen molar-refractivity contribution < 1.29 is 9.84 Å². The Labute approximate surface area is 90.2 Å². The Morgan fingerprint density at radius 1 is 1.40 bits per heavy atom. The van der Waals surface area contributed by atoms with Gasteiger partial charge in [-0.3, -0.25) is 0 Å². The highest BCUT2D eigenvalue weighted by atomic mass is 16.5. The van der Waals surface area contributed by atoms with Crippen LogP contribution in [0.25, 0.3) is 0 Å². The average molecular weight is 207 g/mol. The molecule has 0 unspecified atom stereocenters. The third-order valence-electron chi connectivity index (χ3n) is 2.31. The molecule has 0 fully saturated rings. The van der Waals surface area contributed by atoms with Crippen LogP contribution in [0.2, 0.25) is 0 Å². The minimum Gasteiger partial charge on any atom is -0.504 e. The predicted molar refractivity (Wildman–Crippen MR) is 61.0 cm³/mol. The van der Waals surface area contributed by atoms with E-state index in [-0.39, 0.29) is 5.75 Å². The smallest absolute Gasteiger partial charge is 0.160 e. The zero-order valence-corrected chi connectivity index (χ0v) is 8.99. The lowest BCUT2D eigenvalue weighted by Gasteiger charge is -2.05. The van der Waals surface area contributed by atoms with Crippen molar-refractivity contribution in [3.63, 3.8) is 0 Å². The fourth-order valence-corrected chi connectivity index (χ4v) is 1.47. The van der Waals surface area contributed by atoms with Crippen LogP contribution >= 0.6 is 0 Å². The molecule has 0 spiro atoms. The summed E-state index contributed by atoms with van der Waals surface area (Å²) in [6.07, 6.45) is 5.27. The standard InChI is InChI=1S/C12H17NO2/c1-15-12-7-6-10(9-11(12)14)5-3-2-4-8-13/h6-9,13-14H,2-5H2,1H3. The first-order valence-corrected chi connectivity index (χ1v) is 5.12. The number of benzene rings is 1. The summed E-state index contributed by atoms with van der Waals surface area (Å²) >= 11 is 0. The number of methoxy groups -OCH3 is 1. The Morgan fingerprint density at radius 2 is 2.20 bits per heavy atom. The van der Waals surface area contributed by atoms with Crippen molar-refractivity contribution in [1.29, 1.82) is 5.41 Å². The second-order valence-electron chi connectivity index (χ2n) is 3.46. The molecule has 1 rings (SSSR count). The summed E-state index contributed by atoms with van der Waals surface area (Å²) in [5.41, 5.74) is 1.11. The Balaban J connectivity index is 2.48. The van der Waals surface area contributed by atoms with Crippen LogP contribution in [0.3, 0.4) is 0 Å². The van der Waals surface area contributed by atoms with Crippen molar-refractivity contribution in [1.82, 2.24) is 0 Å². The fourth-order valence-electron chi connectivity index (χ4n) is 1.47. The molecular weight excluding hydrogens is 190 g/mol. The molecule has 82 valence electrons. The van der Waals surface area contributed by atoms with E-state index in [4.69, 9.17) is 10.1 Å². The van der Waals surface area contributed by atoms with E-state index in [0.717, 1.165) is 31.2 Å². The third-order valence-corrected chi connectivity index (χ3v) is 2.31. The van der Waals surface area contributed by atoms with E-state index in [1.54, 1.807) is 19.2 Å². The first-order valence-electron chi connectivity index (χ1n) is 5.12. The monoisotopic (exact) mass is 207 g/mol. The molecular formula is C12H17NO2. The molecule has 2 N–H and O–H groups in total. The quantitative estimate of drug-likeness (QED) is 0.556. The van der Waals surface area contributed by atoms with Gasteiger partial charge in [0.25, 0.3) is 0 Å². The van der Waals surface area contributed by atoms with Crippen molar-refractivity contribution in [3.05, 3.63) is 23.8 Å². The molecule has 0 aliphatic heterocycles. The zero-order valence-electron chi connectivity index (χ0n) is 8.99. The molecule has 0 radical (unpaired) electrons. The third kappa shape index (κ3) is 3.62. The average Bonchev–Trinajstić information content (AvgIpc) is 2.25. The van der Waals surface area contributed by atoms with Crippen LogP contribution in [0.1, 0.15) is 24.8 Å². The summed E-state index contributed by atoms with van der Waals surface area (Å²) in [5.74, 6) is 0.709. The molecule has 3 nitrogen and oxygen atoms in total. The summed E-state index contributed by atoms with van der Waals surface area (Å²) in [4.78, 5) is 0. The summed E-state index contributed by atoms with van der Waals surface area (Å²) in [6, 6.07) is 5.48. The molecule has 0 atom stereocenters. The van der Waals surface area contributed by atoms with Crippen LogP contribution in [0, 0.1) is 5.41 Å². The number of ether oxygens (including phenoxy) is 1. The van der Waals surface area contributed by atoms with Gasteiger partial charge < -0.3 is 15.3 Å². The Bertz CT molecular complexity index is 323. The van der Waals surface area contributed by atoms with Gasteiger partial charge in [-0.05, 0) is 49.6 Å². The van der Waals surface area contributed by atoms with Gasteiger partial charge in [-0.2, -0.15) is 0 Å². The highest BCUT2D eigenvalue weighted by Crippen LogP contribution is 2.26. The van der Waals surface area contributed by atoms with E-state index < -0.39 is 0 Å². The van der Waals surface area contributed by atoms with Gasteiger partial charge in [-0.1, -0.05) is 6.07 Å². The van der Waals surface area contributed by atoms with Gasteiger partial charge in [-0.25, -0.2) is 0 Å². The van der Waals surface area contributed by atoms with E-state index >= 15 is 0 Å². The Hall–Kier alpha value is -1.51. The molecule has 3 heteroatoms. The highest BCUT2D eigenvalue weighted by Gasteiger charge is 2.01. The number of hydrogen-bond acceptors (Lipinski definition) is 3. The molecule has 0 aliphatic carbocycles. The number of aromatic hydroxyl groups is 1. The SMILES string of the molecule is COc1ccc(CCCCC=N)cc1O. The van der Waals surface area contributed by atoms with E-state index in [2.05, 4.69) is 0 Å². The fraction of sp³-hybridized carbons (Fsp3) is 0.417. The van der Waals surface area contributed by atoms with Crippen LogP contribution in [0.5, 0.6) is 11.5 Å². The second kappa shape index (κ2) is 6.06. The maximum Gasteiger partial charge on any atom is 0.160 e. The van der Waals surface area contributed by atoms with E-state index in [0.29, 0.717) is 5.75 Å². The van der Waals surface area contributed by atoms with Crippen LogP contribution in [0.15, 0.2) is 18.2 Å². The normalized spacial score (nSPS) is 9.93. The minimum atomic E-state index is 0.196. The highest BCUT2D eigenvalue weighted by molar-refractivity contribution is 5.52. The van der Waals surface area contributed by atoms with Crippen molar-refractivity contribution in [3.8, 4) is 11.5 Å². The number of unbranched alkanes of at least 4 members (excludes halogenated alkanes) is 2. The van der Waals surface area contributed by atoms with Gasteiger partial charge in [-0.15, -0.1) is 0 Å². The van der Waals surface area contributed by atoms with Gasteiger partial charge in [0.05, 0.1) is 7.11 Å². The molecule has 0 heterocycles. The lowest BCUT2D eigenvalue weighted by Crippen LogP contribution is -1.88. The Kier molecular flexibility index (Phi) is 4.68. The first kappa shape index (κ1) is 11.6. The largest absolute Gasteiger partial charge is 0.504 e. The number of phenols is 1. The summed E-state index contributed by atoms with van der Waals surface area (Å²) < 4.78 is 4.96. The summed E-state index contributed by atoms with van der Waals surface area (Å²) in [6.45, 7) is 0. The van der Waals surface area contributed by atoms with Crippen LogP contribution in [-0.2, 0) is 6.42 Å². The van der Waals surface area contributed by atoms with Crippen LogP contribution in [-0.4, -0.2) is 18.4 Å². The van der Waals surface area contributed by atoms with E-state index in [9.17, 15) is 5.11 Å². The van der Waals surface area contributed by atoms with Crippen molar-refractivity contribution in [2.45, 2.75) is 25.7 Å². The maximum absolute atomic E-state index is 9.53. The van der Waals surface area contributed by atoms with Gasteiger partial charge in [0, 0.05) is 0 Å². The Morgan fingerprint density at radius 3 is 2.80 bits per heavy atom. The predicted octanol–water partition coefficient (Wildman–Crippen LogP) is 2.76.